The molecule has 0 radical (unpaired) electrons. The zero-order chi connectivity index (χ0) is 13.7. The average Bonchev–Trinajstić information content (AvgIpc) is 2.91. The minimum atomic E-state index is 0.125. The van der Waals surface area contributed by atoms with Crippen LogP contribution in [0.25, 0.3) is 0 Å². The minimum absolute atomic E-state index is 0.125. The summed E-state index contributed by atoms with van der Waals surface area (Å²) in [6.07, 6.45) is 2.61. The Morgan fingerprint density at radius 1 is 1.26 bits per heavy atom. The van der Waals surface area contributed by atoms with Gasteiger partial charge in [-0.25, -0.2) is 0 Å². The molecule has 3 heteroatoms. The van der Waals surface area contributed by atoms with E-state index < -0.39 is 0 Å². The van der Waals surface area contributed by atoms with Gasteiger partial charge in [0.15, 0.2) is 0 Å². The topological polar surface area (TPSA) is 35.5 Å². The Morgan fingerprint density at radius 3 is 2.47 bits per heavy atom. The molecular weight excluding hydrogens is 236 g/mol. The third-order valence-corrected chi connectivity index (χ3v) is 3.94. The lowest BCUT2D eigenvalue weighted by molar-refractivity contribution is 0.194. The smallest absolute Gasteiger partial charge is 0.0681 e. The van der Waals surface area contributed by atoms with Crippen LogP contribution in [0.15, 0.2) is 24.3 Å². The molecule has 0 aromatic heterocycles. The molecule has 2 rings (SSSR count). The number of hydrogen-bond donors (Lipinski definition) is 2. The van der Waals surface area contributed by atoms with Gasteiger partial charge in [-0.2, -0.15) is 0 Å². The van der Waals surface area contributed by atoms with Crippen LogP contribution in [0.4, 0.5) is 0 Å². The minimum Gasteiger partial charge on any atom is -0.392 e. The number of hydrogen-bond acceptors (Lipinski definition) is 3. The van der Waals surface area contributed by atoms with Crippen LogP contribution in [0.5, 0.6) is 0 Å². The van der Waals surface area contributed by atoms with Crippen LogP contribution in [0.2, 0.25) is 0 Å². The van der Waals surface area contributed by atoms with Gasteiger partial charge in [0.05, 0.1) is 6.61 Å². The van der Waals surface area contributed by atoms with E-state index in [1.54, 1.807) is 0 Å². The van der Waals surface area contributed by atoms with Crippen LogP contribution in [0.1, 0.15) is 37.8 Å². The summed E-state index contributed by atoms with van der Waals surface area (Å²) in [5.41, 5.74) is 2.31. The average molecular weight is 262 g/mol. The number of rotatable bonds is 6. The first kappa shape index (κ1) is 14.5. The molecule has 1 aliphatic heterocycles. The fourth-order valence-corrected chi connectivity index (χ4v) is 2.64. The highest BCUT2D eigenvalue weighted by Crippen LogP contribution is 2.14. The Kier molecular flexibility index (Phi) is 5.37. The molecule has 19 heavy (non-hydrogen) atoms. The summed E-state index contributed by atoms with van der Waals surface area (Å²) < 4.78 is 0. The number of aliphatic hydroxyl groups is 1. The molecule has 0 aliphatic carbocycles. The molecule has 0 bridgehead atoms. The molecule has 1 unspecified atom stereocenters. The molecule has 1 aliphatic rings. The van der Waals surface area contributed by atoms with Gasteiger partial charge in [0.25, 0.3) is 0 Å². The van der Waals surface area contributed by atoms with Crippen molar-refractivity contribution in [3.05, 3.63) is 35.4 Å². The second-order valence-corrected chi connectivity index (χ2v) is 5.79. The molecule has 1 atom stereocenters. The van der Waals surface area contributed by atoms with Gasteiger partial charge in [0.1, 0.15) is 0 Å². The van der Waals surface area contributed by atoms with Crippen LogP contribution in [0, 0.1) is 0 Å². The van der Waals surface area contributed by atoms with Crippen molar-refractivity contribution in [2.45, 2.75) is 51.9 Å². The van der Waals surface area contributed by atoms with Crippen molar-refractivity contribution in [1.82, 2.24) is 10.2 Å². The molecule has 1 aromatic carbocycles. The van der Waals surface area contributed by atoms with E-state index in [-0.39, 0.29) is 6.61 Å². The second-order valence-electron chi connectivity index (χ2n) is 5.79. The van der Waals surface area contributed by atoms with E-state index in [9.17, 15) is 0 Å². The Bertz CT molecular complexity index is 369. The van der Waals surface area contributed by atoms with E-state index in [1.807, 2.05) is 12.1 Å². The lowest BCUT2D eigenvalue weighted by Crippen LogP contribution is -2.40. The summed E-state index contributed by atoms with van der Waals surface area (Å²) in [5, 5.41) is 12.6. The number of aliphatic hydroxyl groups excluding tert-OH is 1. The fraction of sp³-hybridized carbons (Fsp3) is 0.625. The van der Waals surface area contributed by atoms with Crippen LogP contribution in [-0.2, 0) is 13.2 Å². The van der Waals surface area contributed by atoms with Crippen molar-refractivity contribution < 1.29 is 5.11 Å². The van der Waals surface area contributed by atoms with Crippen molar-refractivity contribution in [2.24, 2.45) is 0 Å². The van der Waals surface area contributed by atoms with E-state index >= 15 is 0 Å². The third kappa shape index (κ3) is 4.30. The van der Waals surface area contributed by atoms with Gasteiger partial charge < -0.3 is 10.4 Å². The highest BCUT2D eigenvalue weighted by Gasteiger charge is 2.19. The summed E-state index contributed by atoms with van der Waals surface area (Å²) >= 11 is 0. The van der Waals surface area contributed by atoms with Gasteiger partial charge in [-0.05, 0) is 44.4 Å². The molecular formula is C16H26N2O. The maximum atomic E-state index is 9.07. The predicted octanol–water partition coefficient (Wildman–Crippen LogP) is 2.14. The molecule has 3 nitrogen and oxygen atoms in total. The summed E-state index contributed by atoms with van der Waals surface area (Å²) in [6, 6.07) is 9.49. The number of benzene rings is 1. The van der Waals surface area contributed by atoms with E-state index in [0.717, 1.165) is 18.7 Å². The van der Waals surface area contributed by atoms with Gasteiger partial charge in [-0.3, -0.25) is 4.90 Å². The van der Waals surface area contributed by atoms with E-state index in [1.165, 1.54) is 24.9 Å². The van der Waals surface area contributed by atoms with Crippen LogP contribution in [-0.4, -0.2) is 35.2 Å². The van der Waals surface area contributed by atoms with Gasteiger partial charge >= 0.3 is 0 Å². The Balaban J connectivity index is 1.94. The lowest BCUT2D eigenvalue weighted by atomic mass is 10.1. The molecule has 2 N–H and O–H groups in total. The molecule has 0 amide bonds. The molecule has 1 fully saturated rings. The molecule has 1 saturated heterocycles. The number of nitrogens with one attached hydrogen (secondary N) is 1. The molecule has 0 saturated carbocycles. The van der Waals surface area contributed by atoms with E-state index in [2.05, 4.69) is 36.2 Å². The van der Waals surface area contributed by atoms with Crippen LogP contribution in [0.3, 0.4) is 0 Å². The van der Waals surface area contributed by atoms with Crippen molar-refractivity contribution in [2.75, 3.05) is 13.1 Å². The van der Waals surface area contributed by atoms with Crippen LogP contribution < -0.4 is 5.32 Å². The van der Waals surface area contributed by atoms with E-state index in [4.69, 9.17) is 5.11 Å². The summed E-state index contributed by atoms with van der Waals surface area (Å²) in [4.78, 5) is 2.52. The van der Waals surface area contributed by atoms with Gasteiger partial charge in [-0.15, -0.1) is 0 Å². The highest BCUT2D eigenvalue weighted by molar-refractivity contribution is 5.22. The molecule has 0 spiro atoms. The summed E-state index contributed by atoms with van der Waals surface area (Å²) in [7, 11) is 0. The monoisotopic (exact) mass is 262 g/mol. The van der Waals surface area contributed by atoms with Crippen molar-refractivity contribution >= 4 is 0 Å². The van der Waals surface area contributed by atoms with Crippen molar-refractivity contribution in [3.8, 4) is 0 Å². The first-order valence-electron chi connectivity index (χ1n) is 7.35. The molecule has 1 aromatic rings. The second kappa shape index (κ2) is 7.04. The fourth-order valence-electron chi connectivity index (χ4n) is 2.64. The summed E-state index contributed by atoms with van der Waals surface area (Å²) in [5.74, 6) is 0. The highest BCUT2D eigenvalue weighted by atomic mass is 16.3. The zero-order valence-corrected chi connectivity index (χ0v) is 12.1. The molecule has 1 heterocycles. The van der Waals surface area contributed by atoms with Gasteiger partial charge in [0.2, 0.25) is 0 Å². The Hall–Kier alpha value is -0.900. The summed E-state index contributed by atoms with van der Waals surface area (Å²) in [6.45, 7) is 7.93. The quantitative estimate of drug-likeness (QED) is 0.824. The normalized spacial score (nSPS) is 19.5. The van der Waals surface area contributed by atoms with Gasteiger partial charge in [-0.1, -0.05) is 24.3 Å². The predicted molar refractivity (Wildman–Crippen MR) is 78.9 cm³/mol. The maximum Gasteiger partial charge on any atom is 0.0681 e. The largest absolute Gasteiger partial charge is 0.392 e. The Labute approximate surface area is 116 Å². The number of nitrogens with zero attached hydrogens (tertiary/aromatic N) is 1. The Morgan fingerprint density at radius 2 is 1.95 bits per heavy atom. The van der Waals surface area contributed by atoms with Gasteiger partial charge in [0, 0.05) is 25.2 Å². The first-order chi connectivity index (χ1) is 9.19. The van der Waals surface area contributed by atoms with Crippen LogP contribution >= 0.6 is 0 Å². The maximum absolute atomic E-state index is 9.07. The first-order valence-corrected chi connectivity index (χ1v) is 7.35. The van der Waals surface area contributed by atoms with Crippen molar-refractivity contribution in [3.63, 3.8) is 0 Å². The molecule has 106 valence electrons. The lowest BCUT2D eigenvalue weighted by Gasteiger charge is -2.29. The zero-order valence-electron chi connectivity index (χ0n) is 12.1. The van der Waals surface area contributed by atoms with Crippen molar-refractivity contribution in [1.29, 1.82) is 0 Å². The SMILES string of the molecule is CC(C)N(Cc1ccc(CO)cc1)CC1CCCN1. The van der Waals surface area contributed by atoms with E-state index in [0.29, 0.717) is 12.1 Å². The standard InChI is InChI=1S/C16H26N2O/c1-13(2)18(11-16-4-3-9-17-16)10-14-5-7-15(12-19)8-6-14/h5-8,13,16-17,19H,3-4,9-12H2,1-2H3. The third-order valence-electron chi connectivity index (χ3n) is 3.94.